The van der Waals surface area contributed by atoms with Gasteiger partial charge in [0.05, 0.1) is 9.82 Å². The van der Waals surface area contributed by atoms with Crippen molar-refractivity contribution in [2.45, 2.75) is 48.8 Å². The van der Waals surface area contributed by atoms with E-state index >= 15 is 0 Å². The standard InChI is InChI=1S/C23H26N2O7S2.Na.H/c1-16(2)17-6-12-21-18(15-23(34(30,31)32)22(21)13-7-17)5-3-4-14-24-33(28,29)20-10-8-19(9-11-20)25(26)27;;/h6-13,15-16,24H,3-5,14H2,1-2H3,(H,30,31,32);;. The van der Waals surface area contributed by atoms with Crippen LogP contribution in [0.15, 0.2) is 64.4 Å². The van der Waals surface area contributed by atoms with E-state index in [2.05, 4.69) is 4.72 Å². The summed E-state index contributed by atoms with van der Waals surface area (Å²) in [6.45, 7) is 4.21. The minimum absolute atomic E-state index is 0. The number of unbranched alkanes of at least 4 members (excludes halogenated alkanes) is 1. The van der Waals surface area contributed by atoms with E-state index in [0.717, 1.165) is 28.8 Å². The Hall–Kier alpha value is -1.86. The second kappa shape index (κ2) is 11.9. The minimum atomic E-state index is -4.40. The predicted molar refractivity (Wildman–Crippen MR) is 135 cm³/mol. The summed E-state index contributed by atoms with van der Waals surface area (Å²) in [5.74, 6) is 0.248. The van der Waals surface area contributed by atoms with Crippen molar-refractivity contribution < 1.29 is 26.3 Å². The molecule has 9 nitrogen and oxygen atoms in total. The number of non-ortho nitro benzene ring substituents is 1. The van der Waals surface area contributed by atoms with Gasteiger partial charge >= 0.3 is 29.6 Å². The van der Waals surface area contributed by atoms with E-state index in [1.165, 1.54) is 18.2 Å². The molecule has 1 aromatic carbocycles. The number of aryl methyl sites for hydroxylation is 1. The van der Waals surface area contributed by atoms with Crippen LogP contribution in [-0.2, 0) is 26.6 Å². The second-order valence-electron chi connectivity index (χ2n) is 8.26. The third-order valence-corrected chi connectivity index (χ3v) is 7.93. The first-order chi connectivity index (χ1) is 15.9. The van der Waals surface area contributed by atoms with Crippen molar-refractivity contribution in [1.29, 1.82) is 0 Å². The topological polar surface area (TPSA) is 144 Å². The monoisotopic (exact) mass is 530 g/mol. The molecular weight excluding hydrogens is 503 g/mol. The molecule has 0 heterocycles. The molecular formula is C23H27N2NaO7S2. The zero-order chi connectivity index (χ0) is 25.1. The molecule has 0 bridgehead atoms. The quantitative estimate of drug-likeness (QED) is 0.134. The van der Waals surface area contributed by atoms with Crippen molar-refractivity contribution in [1.82, 2.24) is 4.72 Å². The Balaban J connectivity index is 0.00000432. The van der Waals surface area contributed by atoms with Crippen LogP contribution in [0.3, 0.4) is 0 Å². The van der Waals surface area contributed by atoms with E-state index in [1.54, 1.807) is 6.07 Å². The fraction of sp³-hybridized carbons (Fsp3) is 0.304. The normalized spacial score (nSPS) is 12.0. The molecule has 1 aromatic rings. The fourth-order valence-corrected chi connectivity index (χ4v) is 5.51. The van der Waals surface area contributed by atoms with Gasteiger partial charge < -0.3 is 0 Å². The van der Waals surface area contributed by atoms with E-state index in [-0.39, 0.29) is 57.5 Å². The fourth-order valence-electron chi connectivity index (χ4n) is 3.69. The molecule has 0 aliphatic heterocycles. The Kier molecular flexibility index (Phi) is 10.0. The van der Waals surface area contributed by atoms with Gasteiger partial charge in [-0.15, -0.1) is 0 Å². The Morgan fingerprint density at radius 2 is 1.54 bits per heavy atom. The van der Waals surface area contributed by atoms with Gasteiger partial charge in [0.15, 0.2) is 0 Å². The first-order valence-corrected chi connectivity index (χ1v) is 13.6. The first kappa shape index (κ1) is 29.4. The molecule has 0 spiro atoms. The number of hydrogen-bond acceptors (Lipinski definition) is 6. The molecule has 12 heteroatoms. The molecule has 35 heavy (non-hydrogen) atoms. The van der Waals surface area contributed by atoms with E-state index < -0.39 is 25.1 Å². The number of benzene rings is 1. The zero-order valence-corrected chi connectivity index (χ0v) is 20.4. The van der Waals surface area contributed by atoms with Crippen molar-refractivity contribution in [3.63, 3.8) is 0 Å². The van der Waals surface area contributed by atoms with Crippen molar-refractivity contribution >= 4 is 55.4 Å². The van der Waals surface area contributed by atoms with Crippen molar-refractivity contribution in [2.75, 3.05) is 6.54 Å². The Morgan fingerprint density at radius 1 is 0.943 bits per heavy atom. The predicted octanol–water partition coefficient (Wildman–Crippen LogP) is 3.72. The van der Waals surface area contributed by atoms with Crippen LogP contribution in [0.25, 0.3) is 11.1 Å². The number of rotatable bonds is 10. The number of fused-ring (bicyclic) bond motifs is 1. The summed E-state index contributed by atoms with van der Waals surface area (Å²) in [4.78, 5) is 9.91. The van der Waals surface area contributed by atoms with Crippen LogP contribution in [0.5, 0.6) is 0 Å². The molecule has 2 aliphatic carbocycles. The number of nitrogens with zero attached hydrogens (tertiary/aromatic N) is 1. The molecule has 2 aliphatic rings. The van der Waals surface area contributed by atoms with Crippen molar-refractivity contribution in [2.24, 2.45) is 0 Å². The SMILES string of the molecule is CC(C)c1ccc2c(CCCCNS(=O)(=O)c3ccc([N+](=O)[O-])cc3)cc(S(=O)(=O)O)c-2cc1.[NaH]. The van der Waals surface area contributed by atoms with Crippen LogP contribution >= 0.6 is 0 Å². The van der Waals surface area contributed by atoms with Gasteiger partial charge in [-0.05, 0) is 60.1 Å². The number of nitrogens with one attached hydrogen (secondary N) is 1. The zero-order valence-electron chi connectivity index (χ0n) is 18.8. The summed E-state index contributed by atoms with van der Waals surface area (Å²) in [5.41, 5.74) is 2.77. The van der Waals surface area contributed by atoms with Gasteiger partial charge in [-0.25, -0.2) is 13.1 Å². The molecule has 0 radical (unpaired) electrons. The molecule has 0 saturated carbocycles. The van der Waals surface area contributed by atoms with Gasteiger partial charge in [0.2, 0.25) is 10.0 Å². The summed E-state index contributed by atoms with van der Waals surface area (Å²) in [6, 6.07) is 13.4. The summed E-state index contributed by atoms with van der Waals surface area (Å²) < 4.78 is 60.7. The first-order valence-electron chi connectivity index (χ1n) is 10.7. The summed E-state index contributed by atoms with van der Waals surface area (Å²) in [6.07, 6.45) is 1.55. The Labute approximate surface area is 227 Å². The van der Waals surface area contributed by atoms with Crippen LogP contribution in [0.1, 0.15) is 43.7 Å². The maximum atomic E-state index is 12.4. The summed E-state index contributed by atoms with van der Waals surface area (Å²) >= 11 is 0. The number of sulfonamides is 1. The van der Waals surface area contributed by atoms with Crippen LogP contribution in [0.4, 0.5) is 5.69 Å². The molecule has 0 fully saturated rings. The third kappa shape index (κ3) is 7.32. The number of nitro groups is 1. The number of nitro benzene ring substituents is 1. The van der Waals surface area contributed by atoms with Gasteiger partial charge in [-0.2, -0.15) is 8.42 Å². The second-order valence-corrected chi connectivity index (χ2v) is 11.4. The van der Waals surface area contributed by atoms with Crippen molar-refractivity contribution in [3.8, 4) is 11.1 Å². The van der Waals surface area contributed by atoms with Gasteiger partial charge in [0.1, 0.15) is 4.90 Å². The van der Waals surface area contributed by atoms with E-state index in [0.29, 0.717) is 24.8 Å². The summed E-state index contributed by atoms with van der Waals surface area (Å²) in [7, 11) is -8.20. The maximum absolute atomic E-state index is 12.4. The summed E-state index contributed by atoms with van der Waals surface area (Å²) in [5, 5.41) is 10.7. The third-order valence-electron chi connectivity index (χ3n) is 5.56. The van der Waals surface area contributed by atoms with Crippen LogP contribution < -0.4 is 4.72 Å². The molecule has 2 N–H and O–H groups in total. The van der Waals surface area contributed by atoms with Crippen molar-refractivity contribution in [3.05, 3.63) is 75.8 Å². The van der Waals surface area contributed by atoms with Gasteiger partial charge in [-0.3, -0.25) is 14.7 Å². The molecule has 3 rings (SSSR count). The van der Waals surface area contributed by atoms with Crippen LogP contribution in [0, 0.1) is 10.1 Å². The van der Waals surface area contributed by atoms with Gasteiger partial charge in [0.25, 0.3) is 15.8 Å². The van der Waals surface area contributed by atoms with Gasteiger partial charge in [0, 0.05) is 24.2 Å². The molecule has 0 atom stereocenters. The molecule has 0 saturated heterocycles. The average Bonchev–Trinajstić information content (AvgIpc) is 2.96. The van der Waals surface area contributed by atoms with Crippen LogP contribution in [0.2, 0.25) is 0 Å². The average molecular weight is 531 g/mol. The molecule has 0 aromatic heterocycles. The Bertz CT molecular complexity index is 1370. The van der Waals surface area contributed by atoms with E-state index in [4.69, 9.17) is 0 Å². The van der Waals surface area contributed by atoms with E-state index in [9.17, 15) is 31.5 Å². The van der Waals surface area contributed by atoms with Gasteiger partial charge in [-0.1, -0.05) is 38.1 Å². The van der Waals surface area contributed by atoms with E-state index in [1.807, 2.05) is 32.0 Å². The Morgan fingerprint density at radius 3 is 2.09 bits per heavy atom. The van der Waals surface area contributed by atoms with Crippen LogP contribution in [-0.4, -0.2) is 62.4 Å². The number of hydrogen-bond donors (Lipinski definition) is 2. The molecule has 184 valence electrons. The molecule has 0 unspecified atom stereocenters. The molecule has 0 amide bonds.